The predicted octanol–water partition coefficient (Wildman–Crippen LogP) is 26.7. The molecule has 16 aromatic carbocycles. The van der Waals surface area contributed by atoms with E-state index in [1.807, 2.05) is 55.4 Å². The van der Waals surface area contributed by atoms with Crippen molar-refractivity contribution < 1.29 is 0 Å². The van der Waals surface area contributed by atoms with Gasteiger partial charge in [-0.3, -0.25) is 0 Å². The molecule has 0 N–H and O–H groups in total. The maximum Gasteiger partial charge on any atom is -0.00201 e. The molecule has 0 aliphatic carbocycles. The summed E-state index contributed by atoms with van der Waals surface area (Å²) in [6.45, 7) is 16.0. The molecule has 0 nitrogen and oxygen atoms in total. The number of rotatable bonds is 6. The Morgan fingerprint density at radius 2 is 0.352 bits per heavy atom. The fraction of sp³-hybridized carbons (Fsp3) is 0.0909. The third-order valence-electron chi connectivity index (χ3n) is 16.5. The Kier molecular flexibility index (Phi) is 18.7. The minimum atomic E-state index is 1.23. The van der Waals surface area contributed by atoms with Crippen LogP contribution in [0.15, 0.2) is 315 Å². The van der Waals surface area contributed by atoms with Crippen molar-refractivity contribution in [2.45, 2.75) is 55.4 Å². The zero-order chi connectivity index (χ0) is 60.9. The minimum absolute atomic E-state index is 1.23. The van der Waals surface area contributed by atoms with E-state index in [9.17, 15) is 0 Å². The zero-order valence-corrected chi connectivity index (χ0v) is 52.0. The van der Waals surface area contributed by atoms with Crippen LogP contribution in [0.4, 0.5) is 0 Å². The molecule has 0 saturated heterocycles. The smallest absolute Gasteiger partial charge is 0.00201 e. The SMILES string of the molecule is CC.CC.CC.CC.c1ccc2cc(-c3ccc(-c4c5ccccc5c(-c5cccc6ccccc56)c5ccccc45)cc3)ccc2c1.c1ccc2cc(-c3ccc(-c4c5ccccc5c(-c5cccc6ccccc56)c5ccccc45)cc3)ccc2c1. The highest BCUT2D eigenvalue weighted by Gasteiger charge is 2.20. The van der Waals surface area contributed by atoms with Crippen LogP contribution < -0.4 is 0 Å². The lowest BCUT2D eigenvalue weighted by molar-refractivity contribution is 1.50. The topological polar surface area (TPSA) is 0 Å². The van der Waals surface area contributed by atoms with Crippen molar-refractivity contribution in [2.75, 3.05) is 0 Å². The quantitative estimate of drug-likeness (QED) is 0.146. The van der Waals surface area contributed by atoms with E-state index in [1.54, 1.807) is 0 Å². The van der Waals surface area contributed by atoms with Crippen LogP contribution in [0.5, 0.6) is 0 Å². The van der Waals surface area contributed by atoms with Crippen LogP contribution in [0.2, 0.25) is 0 Å². The van der Waals surface area contributed by atoms with Crippen LogP contribution in [0.25, 0.3) is 153 Å². The van der Waals surface area contributed by atoms with E-state index in [-0.39, 0.29) is 0 Å². The molecule has 0 fully saturated rings. The summed E-state index contributed by atoms with van der Waals surface area (Å²) in [4.78, 5) is 0. The summed E-state index contributed by atoms with van der Waals surface area (Å²) < 4.78 is 0. The molecule has 0 bridgehead atoms. The van der Waals surface area contributed by atoms with E-state index in [0.717, 1.165) is 0 Å². The van der Waals surface area contributed by atoms with Crippen LogP contribution in [0.1, 0.15) is 55.4 Å². The lowest BCUT2D eigenvalue weighted by Gasteiger charge is -2.19. The molecule has 0 aliphatic heterocycles. The number of hydrogen-bond acceptors (Lipinski definition) is 0. The molecule has 0 heteroatoms. The molecule has 16 aromatic rings. The van der Waals surface area contributed by atoms with E-state index < -0.39 is 0 Å². The van der Waals surface area contributed by atoms with Gasteiger partial charge in [0.15, 0.2) is 0 Å². The Morgan fingerprint density at radius 3 is 0.659 bits per heavy atom. The van der Waals surface area contributed by atoms with Crippen LogP contribution in [0.3, 0.4) is 0 Å². The highest BCUT2D eigenvalue weighted by atomic mass is 14.2. The Morgan fingerprint density at radius 1 is 0.136 bits per heavy atom. The molecule has 0 radical (unpaired) electrons. The number of benzene rings is 16. The van der Waals surface area contributed by atoms with Gasteiger partial charge in [0.2, 0.25) is 0 Å². The number of fused-ring (bicyclic) bond motifs is 8. The van der Waals surface area contributed by atoms with E-state index >= 15 is 0 Å². The summed E-state index contributed by atoms with van der Waals surface area (Å²) in [5.74, 6) is 0. The van der Waals surface area contributed by atoms with Gasteiger partial charge < -0.3 is 0 Å². The second-order valence-corrected chi connectivity index (χ2v) is 21.0. The van der Waals surface area contributed by atoms with E-state index in [2.05, 4.69) is 315 Å². The Hall–Kier alpha value is -10.4. The van der Waals surface area contributed by atoms with Gasteiger partial charge in [-0.15, -0.1) is 0 Å². The second kappa shape index (κ2) is 27.8. The van der Waals surface area contributed by atoms with Crippen LogP contribution in [0, 0.1) is 0 Å². The Labute approximate surface area is 520 Å². The molecular weight excluding hydrogens is 1060 g/mol. The van der Waals surface area contributed by atoms with Crippen molar-refractivity contribution in [3.05, 3.63) is 315 Å². The van der Waals surface area contributed by atoms with Gasteiger partial charge in [0, 0.05) is 0 Å². The first-order chi connectivity index (χ1) is 43.7. The zero-order valence-electron chi connectivity index (χ0n) is 52.0. The molecule has 88 heavy (non-hydrogen) atoms. The molecule has 0 aromatic heterocycles. The Balaban J connectivity index is 0.000000164. The second-order valence-electron chi connectivity index (χ2n) is 21.0. The lowest BCUT2D eigenvalue weighted by atomic mass is 9.84. The molecular formula is C88H76. The van der Waals surface area contributed by atoms with Crippen molar-refractivity contribution >= 4 is 86.2 Å². The van der Waals surface area contributed by atoms with Gasteiger partial charge in [-0.2, -0.15) is 0 Å². The van der Waals surface area contributed by atoms with Crippen LogP contribution >= 0.6 is 0 Å². The van der Waals surface area contributed by atoms with Crippen LogP contribution in [-0.2, 0) is 0 Å². The average Bonchev–Trinajstić information content (AvgIpc) is 0.922. The first-order valence-corrected chi connectivity index (χ1v) is 31.7. The fourth-order valence-corrected chi connectivity index (χ4v) is 12.7. The predicted molar refractivity (Wildman–Crippen MR) is 391 cm³/mol. The van der Waals surface area contributed by atoms with Crippen molar-refractivity contribution in [3.8, 4) is 66.8 Å². The van der Waals surface area contributed by atoms with E-state index in [0.29, 0.717) is 0 Å². The van der Waals surface area contributed by atoms with Crippen LogP contribution in [-0.4, -0.2) is 0 Å². The van der Waals surface area contributed by atoms with Crippen molar-refractivity contribution in [1.82, 2.24) is 0 Å². The molecule has 0 atom stereocenters. The van der Waals surface area contributed by atoms with Gasteiger partial charge in [0.1, 0.15) is 0 Å². The average molecular weight is 1130 g/mol. The third-order valence-corrected chi connectivity index (χ3v) is 16.5. The molecule has 16 rings (SSSR count). The standard InChI is InChI=1S/2C40H26.4C2H6/c2*1-2-12-31-26-32(25-22-27(31)10-1)28-20-23-30(24-21-28)39-35-15-5-7-17-37(35)40(38-18-8-6-16-36(38)39)34-19-9-13-29-11-3-4-14-33(29)34;4*1-2/h2*1-26H;4*1-2H3. The third kappa shape index (κ3) is 11.5. The molecule has 0 saturated carbocycles. The summed E-state index contributed by atoms with van der Waals surface area (Å²) in [5, 5.41) is 20.4. The van der Waals surface area contributed by atoms with E-state index in [4.69, 9.17) is 0 Å². The lowest BCUT2D eigenvalue weighted by Crippen LogP contribution is -1.91. The normalized spacial score (nSPS) is 10.7. The number of hydrogen-bond donors (Lipinski definition) is 0. The molecule has 0 heterocycles. The summed E-state index contributed by atoms with van der Waals surface area (Å²) in [6, 6.07) is 115. The largest absolute Gasteiger partial charge is 0.0683 e. The van der Waals surface area contributed by atoms with Gasteiger partial charge in [-0.1, -0.05) is 359 Å². The monoisotopic (exact) mass is 1130 g/mol. The van der Waals surface area contributed by atoms with Crippen molar-refractivity contribution in [3.63, 3.8) is 0 Å². The molecule has 0 spiro atoms. The summed E-state index contributed by atoms with van der Waals surface area (Å²) >= 11 is 0. The molecule has 428 valence electrons. The summed E-state index contributed by atoms with van der Waals surface area (Å²) in [5.41, 5.74) is 15.2. The fourth-order valence-electron chi connectivity index (χ4n) is 12.7. The minimum Gasteiger partial charge on any atom is -0.0683 e. The molecule has 0 unspecified atom stereocenters. The maximum absolute atomic E-state index is 2.29. The van der Waals surface area contributed by atoms with Gasteiger partial charge >= 0.3 is 0 Å². The highest BCUT2D eigenvalue weighted by molar-refractivity contribution is 6.25. The van der Waals surface area contributed by atoms with Gasteiger partial charge in [-0.05, 0) is 165 Å². The van der Waals surface area contributed by atoms with Crippen molar-refractivity contribution in [1.29, 1.82) is 0 Å². The first kappa shape index (κ1) is 59.3. The first-order valence-electron chi connectivity index (χ1n) is 31.7. The van der Waals surface area contributed by atoms with Gasteiger partial charge in [-0.25, -0.2) is 0 Å². The summed E-state index contributed by atoms with van der Waals surface area (Å²) in [6.07, 6.45) is 0. The van der Waals surface area contributed by atoms with Gasteiger partial charge in [0.05, 0.1) is 0 Å². The molecule has 0 amide bonds. The maximum atomic E-state index is 2.29. The highest BCUT2D eigenvalue weighted by Crippen LogP contribution is 2.48. The Bertz CT molecular complexity index is 4600. The van der Waals surface area contributed by atoms with E-state index in [1.165, 1.54) is 153 Å². The van der Waals surface area contributed by atoms with Crippen molar-refractivity contribution in [2.24, 2.45) is 0 Å². The molecule has 0 aliphatic rings. The van der Waals surface area contributed by atoms with Gasteiger partial charge in [0.25, 0.3) is 0 Å². The summed E-state index contributed by atoms with van der Waals surface area (Å²) in [7, 11) is 0.